The molecule has 4 aromatic rings. The number of carbonyl (C=O) groups excluding carboxylic acids is 1. The number of pyridine rings is 1. The number of nitrogens with zero attached hydrogens (tertiary/aromatic N) is 4. The summed E-state index contributed by atoms with van der Waals surface area (Å²) in [6.07, 6.45) is 2.73. The van der Waals surface area contributed by atoms with Gasteiger partial charge in [-0.05, 0) is 42.5 Å². The van der Waals surface area contributed by atoms with Gasteiger partial charge >= 0.3 is 5.97 Å². The highest BCUT2D eigenvalue weighted by molar-refractivity contribution is 7.92. The minimum absolute atomic E-state index is 0.0567. The maximum atomic E-state index is 13.9. The second-order valence-corrected chi connectivity index (χ2v) is 8.07. The molecule has 0 N–H and O–H groups in total. The van der Waals surface area contributed by atoms with Crippen molar-refractivity contribution in [2.24, 2.45) is 0 Å². The van der Waals surface area contributed by atoms with Gasteiger partial charge in [0.25, 0.3) is 10.0 Å². The van der Waals surface area contributed by atoms with Gasteiger partial charge in [0.05, 0.1) is 19.3 Å². The summed E-state index contributed by atoms with van der Waals surface area (Å²) in [7, 11) is -2.94. The van der Waals surface area contributed by atoms with Crippen LogP contribution in [-0.4, -0.2) is 36.1 Å². The van der Waals surface area contributed by atoms with Crippen LogP contribution in [0, 0.1) is 5.82 Å². The molecule has 0 aliphatic carbocycles. The maximum absolute atomic E-state index is 13.9. The van der Waals surface area contributed by atoms with Crippen LogP contribution in [0.15, 0.2) is 70.4 Å². The number of hydrogen-bond donors (Lipinski definition) is 0. The van der Waals surface area contributed by atoms with Crippen molar-refractivity contribution in [3.63, 3.8) is 0 Å². The molecule has 0 amide bonds. The van der Waals surface area contributed by atoms with E-state index in [4.69, 9.17) is 4.42 Å². The fourth-order valence-electron chi connectivity index (χ4n) is 2.85. The van der Waals surface area contributed by atoms with E-state index in [9.17, 15) is 17.6 Å². The quantitative estimate of drug-likeness (QED) is 0.433. The number of anilines is 1. The number of rotatable bonds is 6. The predicted molar refractivity (Wildman–Crippen MR) is 103 cm³/mol. The first-order valence-electron chi connectivity index (χ1n) is 8.63. The molecule has 0 radical (unpaired) electrons. The number of halogens is 1. The van der Waals surface area contributed by atoms with Crippen LogP contribution in [0.5, 0.6) is 0 Å². The lowest BCUT2D eigenvalue weighted by molar-refractivity contribution is 0.0563. The number of benzene rings is 1. The molecule has 0 saturated carbocycles. The highest BCUT2D eigenvalue weighted by atomic mass is 32.2. The lowest BCUT2D eigenvalue weighted by Gasteiger charge is -2.23. The van der Waals surface area contributed by atoms with E-state index in [0.29, 0.717) is 5.65 Å². The second kappa shape index (κ2) is 7.59. The molecule has 11 heteroatoms. The molecule has 0 aliphatic heterocycles. The molecule has 0 atom stereocenters. The molecule has 1 aromatic carbocycles. The SMILES string of the molecule is COC(=O)c1ccc(CN(c2cccc(F)c2)S(=O)(=O)c2ccc3nncn3c2)o1. The van der Waals surface area contributed by atoms with Crippen LogP contribution in [0.3, 0.4) is 0 Å². The zero-order valence-electron chi connectivity index (χ0n) is 15.6. The molecule has 0 bridgehead atoms. The van der Waals surface area contributed by atoms with Crippen LogP contribution in [0.2, 0.25) is 0 Å². The van der Waals surface area contributed by atoms with Gasteiger partial charge in [-0.2, -0.15) is 0 Å². The van der Waals surface area contributed by atoms with Crippen LogP contribution < -0.4 is 4.31 Å². The first-order chi connectivity index (χ1) is 14.4. The third-order valence-corrected chi connectivity index (χ3v) is 6.05. The van der Waals surface area contributed by atoms with Crippen molar-refractivity contribution in [2.75, 3.05) is 11.4 Å². The summed E-state index contributed by atoms with van der Waals surface area (Å²) < 4.78 is 53.2. The fourth-order valence-corrected chi connectivity index (χ4v) is 4.28. The highest BCUT2D eigenvalue weighted by Gasteiger charge is 2.27. The number of esters is 1. The molecule has 0 aliphatic rings. The van der Waals surface area contributed by atoms with Crippen molar-refractivity contribution in [2.45, 2.75) is 11.4 Å². The third kappa shape index (κ3) is 3.62. The van der Waals surface area contributed by atoms with Gasteiger partial charge in [-0.25, -0.2) is 17.6 Å². The summed E-state index contributed by atoms with van der Waals surface area (Å²) >= 11 is 0. The van der Waals surface area contributed by atoms with Gasteiger partial charge in [0.1, 0.15) is 22.8 Å². The molecule has 4 rings (SSSR count). The van der Waals surface area contributed by atoms with Crippen molar-refractivity contribution in [3.05, 3.63) is 78.4 Å². The Bertz CT molecular complexity index is 1330. The highest BCUT2D eigenvalue weighted by Crippen LogP contribution is 2.27. The summed E-state index contributed by atoms with van der Waals surface area (Å²) in [6.45, 7) is -0.275. The number of hydrogen-bond acceptors (Lipinski definition) is 7. The molecule has 0 spiro atoms. The lowest BCUT2D eigenvalue weighted by Crippen LogP contribution is -2.30. The monoisotopic (exact) mass is 430 g/mol. The molecule has 154 valence electrons. The summed E-state index contributed by atoms with van der Waals surface area (Å²) in [5, 5.41) is 7.58. The average Bonchev–Trinajstić information content (AvgIpc) is 3.40. The Morgan fingerprint density at radius 2 is 2.07 bits per heavy atom. The van der Waals surface area contributed by atoms with Gasteiger partial charge in [0.2, 0.25) is 5.76 Å². The van der Waals surface area contributed by atoms with E-state index in [2.05, 4.69) is 14.9 Å². The Labute approximate surface area is 170 Å². The molecule has 3 aromatic heterocycles. The summed E-state index contributed by atoms with van der Waals surface area (Å²) in [4.78, 5) is 11.6. The predicted octanol–water partition coefficient (Wildman–Crippen LogP) is 2.64. The van der Waals surface area contributed by atoms with Crippen LogP contribution in [0.1, 0.15) is 16.3 Å². The van der Waals surface area contributed by atoms with Gasteiger partial charge in [-0.1, -0.05) is 6.07 Å². The van der Waals surface area contributed by atoms with Crippen molar-refractivity contribution < 1.29 is 26.8 Å². The molecule has 9 nitrogen and oxygen atoms in total. The van der Waals surface area contributed by atoms with Crippen molar-refractivity contribution >= 4 is 27.3 Å². The molecule has 0 saturated heterocycles. The molecule has 0 unspecified atom stereocenters. The van der Waals surface area contributed by atoms with E-state index in [1.807, 2.05) is 0 Å². The van der Waals surface area contributed by atoms with Crippen molar-refractivity contribution in [1.29, 1.82) is 0 Å². The summed E-state index contributed by atoms with van der Waals surface area (Å²) in [5.74, 6) is -1.19. The molecule has 3 heterocycles. The van der Waals surface area contributed by atoms with Crippen molar-refractivity contribution in [3.8, 4) is 0 Å². The first kappa shape index (κ1) is 19.6. The Balaban J connectivity index is 1.78. The number of methoxy groups -OCH3 is 1. The van der Waals surface area contributed by atoms with E-state index in [1.165, 1.54) is 66.5 Å². The Morgan fingerprint density at radius 3 is 2.83 bits per heavy atom. The average molecular weight is 430 g/mol. The smallest absolute Gasteiger partial charge is 0.373 e. The minimum Gasteiger partial charge on any atom is -0.463 e. The number of aromatic nitrogens is 3. The van der Waals surface area contributed by atoms with E-state index in [-0.39, 0.29) is 28.6 Å². The molecule has 0 fully saturated rings. The molecule has 30 heavy (non-hydrogen) atoms. The fraction of sp³-hybridized carbons (Fsp3) is 0.105. The number of ether oxygens (including phenoxy) is 1. The minimum atomic E-state index is -4.14. The largest absolute Gasteiger partial charge is 0.463 e. The van der Waals surface area contributed by atoms with Crippen LogP contribution in [0.4, 0.5) is 10.1 Å². The first-order valence-corrected chi connectivity index (χ1v) is 10.1. The lowest BCUT2D eigenvalue weighted by atomic mass is 10.3. The van der Waals surface area contributed by atoms with E-state index >= 15 is 0 Å². The number of fused-ring (bicyclic) bond motifs is 1. The van der Waals surface area contributed by atoms with Gasteiger partial charge in [-0.3, -0.25) is 8.71 Å². The number of furan rings is 1. The topological polar surface area (TPSA) is 107 Å². The standard InChI is InChI=1S/C19H15FN4O5S/c1-28-19(25)17-7-5-15(29-17)10-24(14-4-2-3-13(20)9-14)30(26,27)16-6-8-18-22-21-12-23(18)11-16/h2-9,11-12H,10H2,1H3. The number of carbonyl (C=O) groups is 1. The van der Waals surface area contributed by atoms with Crippen LogP contribution in [-0.2, 0) is 21.3 Å². The Kier molecular flexibility index (Phi) is 4.96. The second-order valence-electron chi connectivity index (χ2n) is 6.21. The summed E-state index contributed by atoms with van der Waals surface area (Å²) in [5.41, 5.74) is 0.565. The van der Waals surface area contributed by atoms with Crippen LogP contribution >= 0.6 is 0 Å². The maximum Gasteiger partial charge on any atom is 0.373 e. The summed E-state index contributed by atoms with van der Waals surface area (Å²) in [6, 6.07) is 10.9. The molecular formula is C19H15FN4O5S. The third-order valence-electron chi connectivity index (χ3n) is 4.30. The van der Waals surface area contributed by atoms with Gasteiger partial charge in [0, 0.05) is 6.20 Å². The Morgan fingerprint density at radius 1 is 1.23 bits per heavy atom. The normalized spacial score (nSPS) is 11.5. The molecular weight excluding hydrogens is 415 g/mol. The zero-order valence-corrected chi connectivity index (χ0v) is 16.4. The van der Waals surface area contributed by atoms with Gasteiger partial charge in [-0.15, -0.1) is 10.2 Å². The Hall–Kier alpha value is -3.73. The van der Waals surface area contributed by atoms with Crippen molar-refractivity contribution in [1.82, 2.24) is 14.6 Å². The van der Waals surface area contributed by atoms with Crippen LogP contribution in [0.25, 0.3) is 5.65 Å². The zero-order chi connectivity index (χ0) is 21.3. The van der Waals surface area contributed by atoms with Gasteiger partial charge < -0.3 is 9.15 Å². The van der Waals surface area contributed by atoms with E-state index in [0.717, 1.165) is 10.4 Å². The van der Waals surface area contributed by atoms with E-state index < -0.39 is 21.8 Å². The number of sulfonamides is 1. The van der Waals surface area contributed by atoms with E-state index in [1.54, 1.807) is 0 Å². The van der Waals surface area contributed by atoms with Gasteiger partial charge in [0.15, 0.2) is 5.65 Å².